The number of carbonyl (C=O) groups excluding carboxylic acids is 3. The molecule has 0 spiro atoms. The van der Waals surface area contributed by atoms with E-state index in [1.165, 1.54) is 28.3 Å². The molecule has 0 saturated carbocycles. The first kappa shape index (κ1) is 43.6. The number of carbonyl (C=O) groups is 3. The molecule has 324 valence electrons. The molecule has 1 fully saturated rings. The number of alkyl halides is 3. The van der Waals surface area contributed by atoms with Gasteiger partial charge in [-0.05, 0) is 81.1 Å². The number of fused-ring (bicyclic) bond motifs is 1. The third kappa shape index (κ3) is 11.1. The molecule has 2 N–H and O–H groups in total. The minimum absolute atomic E-state index is 0.00922. The van der Waals surface area contributed by atoms with E-state index < -0.39 is 48.4 Å². The molecule has 3 amide bonds. The van der Waals surface area contributed by atoms with E-state index in [4.69, 9.17) is 14.5 Å². The number of pyridine rings is 2. The molecule has 15 heteroatoms. The number of alkyl carbamates (subject to hydrolysis) is 1. The number of likely N-dealkylation sites (N-methyl/N-ethyl adjacent to an activating group) is 1. The fourth-order valence-electron chi connectivity index (χ4n) is 7.63. The number of halogens is 3. The van der Waals surface area contributed by atoms with Gasteiger partial charge in [-0.2, -0.15) is 13.2 Å². The number of benzene rings is 3. The fraction of sp³-hybridized carbons (Fsp3) is 0.340. The number of nitrogens with one attached hydrogen (secondary N) is 2. The standard InChI is InChI=1S/C47H50F3N7O5/c1-46(2,3)62-44(59)52-37-25-36(47(48,49)50)28-56(29-37)40-17-20-51-26-39(40)54-43(58)42-41(24-35-16-15-34(23-38(35)53-42)33-18-21-55(4)22-19-33)57(27-31-11-7-5-8-12-31)45(60)61-30-32-13-9-6-10-14-32/h5-18,20,23-24,26,36-37H,19,21-22,25,27-30H2,1-4H3,(H,52,59)(H,54,58)/t36-,37+/m1/s1. The molecular weight excluding hydrogens is 800 g/mol. The number of aromatic nitrogens is 2. The van der Waals surface area contributed by atoms with Crippen LogP contribution in [-0.2, 0) is 22.6 Å². The van der Waals surface area contributed by atoms with Gasteiger partial charge in [0.2, 0.25) is 0 Å². The maximum Gasteiger partial charge on any atom is 0.415 e. The maximum absolute atomic E-state index is 14.8. The van der Waals surface area contributed by atoms with Gasteiger partial charge >= 0.3 is 18.4 Å². The van der Waals surface area contributed by atoms with Crippen molar-refractivity contribution >= 4 is 51.6 Å². The van der Waals surface area contributed by atoms with Gasteiger partial charge in [0.15, 0.2) is 5.69 Å². The summed E-state index contributed by atoms with van der Waals surface area (Å²) in [5, 5.41) is 6.15. The van der Waals surface area contributed by atoms with Crippen LogP contribution in [0.5, 0.6) is 0 Å². The van der Waals surface area contributed by atoms with Crippen molar-refractivity contribution in [1.29, 1.82) is 0 Å². The maximum atomic E-state index is 14.8. The van der Waals surface area contributed by atoms with Gasteiger partial charge in [-0.3, -0.25) is 14.7 Å². The zero-order valence-corrected chi connectivity index (χ0v) is 35.1. The predicted molar refractivity (Wildman–Crippen MR) is 233 cm³/mol. The Bertz CT molecular complexity index is 2420. The topological polar surface area (TPSA) is 129 Å². The number of anilines is 3. The molecule has 0 radical (unpaired) electrons. The van der Waals surface area contributed by atoms with E-state index in [1.807, 2.05) is 78.9 Å². The second kappa shape index (κ2) is 18.6. The minimum Gasteiger partial charge on any atom is -0.444 e. The molecule has 2 atom stereocenters. The molecule has 7 rings (SSSR count). The first-order chi connectivity index (χ1) is 29.6. The van der Waals surface area contributed by atoms with Crippen molar-refractivity contribution in [3.8, 4) is 0 Å². The van der Waals surface area contributed by atoms with Gasteiger partial charge in [0, 0.05) is 37.8 Å². The van der Waals surface area contributed by atoms with Crippen molar-refractivity contribution in [2.75, 3.05) is 48.3 Å². The fourth-order valence-corrected chi connectivity index (χ4v) is 7.63. The zero-order chi connectivity index (χ0) is 44.0. The van der Waals surface area contributed by atoms with Crippen LogP contribution in [0.25, 0.3) is 16.5 Å². The highest BCUT2D eigenvalue weighted by atomic mass is 19.4. The predicted octanol–water partition coefficient (Wildman–Crippen LogP) is 9.23. The van der Waals surface area contributed by atoms with Crippen LogP contribution in [0.4, 0.5) is 39.8 Å². The zero-order valence-electron chi connectivity index (χ0n) is 35.1. The Kier molecular flexibility index (Phi) is 13.1. The van der Waals surface area contributed by atoms with Gasteiger partial charge < -0.3 is 29.9 Å². The summed E-state index contributed by atoms with van der Waals surface area (Å²) in [6, 6.07) is 26.6. The molecule has 0 bridgehead atoms. The van der Waals surface area contributed by atoms with Gasteiger partial charge in [0.05, 0.1) is 47.3 Å². The van der Waals surface area contributed by atoms with E-state index in [0.29, 0.717) is 10.9 Å². The summed E-state index contributed by atoms with van der Waals surface area (Å²) < 4.78 is 54.5. The normalized spacial score (nSPS) is 17.2. The van der Waals surface area contributed by atoms with Crippen molar-refractivity contribution in [3.63, 3.8) is 0 Å². The minimum atomic E-state index is -4.58. The molecular formula is C47H50F3N7O5. The number of amides is 3. The van der Waals surface area contributed by atoms with Crippen LogP contribution in [0.2, 0.25) is 0 Å². The second-order valence-electron chi connectivity index (χ2n) is 16.7. The molecule has 2 aromatic heterocycles. The number of nitrogens with zero attached hydrogens (tertiary/aromatic N) is 5. The molecule has 1 saturated heterocycles. The van der Waals surface area contributed by atoms with E-state index in [2.05, 4.69) is 33.6 Å². The van der Waals surface area contributed by atoms with Gasteiger partial charge in [-0.1, -0.05) is 78.9 Å². The number of piperidine rings is 1. The third-order valence-electron chi connectivity index (χ3n) is 10.7. The van der Waals surface area contributed by atoms with Crippen LogP contribution in [0, 0.1) is 5.92 Å². The van der Waals surface area contributed by atoms with E-state index in [-0.39, 0.29) is 48.9 Å². The van der Waals surface area contributed by atoms with Crippen molar-refractivity contribution in [1.82, 2.24) is 20.2 Å². The van der Waals surface area contributed by atoms with Crippen LogP contribution in [0.1, 0.15) is 60.8 Å². The molecule has 0 aliphatic carbocycles. The van der Waals surface area contributed by atoms with E-state index in [1.54, 1.807) is 26.8 Å². The summed E-state index contributed by atoms with van der Waals surface area (Å²) in [6.07, 6.45) is -0.729. The summed E-state index contributed by atoms with van der Waals surface area (Å²) in [6.45, 7) is 6.23. The van der Waals surface area contributed by atoms with Crippen LogP contribution in [-0.4, -0.2) is 84.0 Å². The first-order valence-corrected chi connectivity index (χ1v) is 20.5. The average molecular weight is 850 g/mol. The third-order valence-corrected chi connectivity index (χ3v) is 10.7. The number of hydrogen-bond acceptors (Lipinski definition) is 9. The van der Waals surface area contributed by atoms with Crippen molar-refractivity contribution in [2.45, 2.75) is 64.6 Å². The highest BCUT2D eigenvalue weighted by Crippen LogP contribution is 2.38. The molecule has 62 heavy (non-hydrogen) atoms. The molecule has 5 aromatic rings. The number of hydrogen-bond donors (Lipinski definition) is 2. The van der Waals surface area contributed by atoms with Gasteiger partial charge in [0.1, 0.15) is 12.2 Å². The van der Waals surface area contributed by atoms with Gasteiger partial charge in [-0.25, -0.2) is 14.6 Å². The Morgan fingerprint density at radius 2 is 1.65 bits per heavy atom. The summed E-state index contributed by atoms with van der Waals surface area (Å²) in [5.74, 6) is -2.54. The molecule has 0 unspecified atom stereocenters. The average Bonchev–Trinajstić information content (AvgIpc) is 3.24. The highest BCUT2D eigenvalue weighted by Gasteiger charge is 2.45. The Balaban J connectivity index is 1.27. The Hall–Kier alpha value is -6.48. The van der Waals surface area contributed by atoms with Crippen molar-refractivity contribution < 1.29 is 37.0 Å². The van der Waals surface area contributed by atoms with Crippen LogP contribution in [0.3, 0.4) is 0 Å². The monoisotopic (exact) mass is 849 g/mol. The largest absolute Gasteiger partial charge is 0.444 e. The van der Waals surface area contributed by atoms with Gasteiger partial charge in [0.25, 0.3) is 5.91 Å². The summed E-state index contributed by atoms with van der Waals surface area (Å²) in [5.41, 5.74) is 3.66. The lowest BCUT2D eigenvalue weighted by molar-refractivity contribution is -0.177. The van der Waals surface area contributed by atoms with E-state index >= 15 is 0 Å². The lowest BCUT2D eigenvalue weighted by Gasteiger charge is -2.40. The molecule has 4 heterocycles. The summed E-state index contributed by atoms with van der Waals surface area (Å²) in [7, 11) is 2.06. The summed E-state index contributed by atoms with van der Waals surface area (Å²) >= 11 is 0. The molecule has 12 nitrogen and oxygen atoms in total. The van der Waals surface area contributed by atoms with Crippen LogP contribution < -0.4 is 20.4 Å². The quantitative estimate of drug-likeness (QED) is 0.141. The van der Waals surface area contributed by atoms with Crippen LogP contribution in [0.15, 0.2) is 109 Å². The molecule has 2 aliphatic heterocycles. The lowest BCUT2D eigenvalue weighted by atomic mass is 9.93. The second-order valence-corrected chi connectivity index (χ2v) is 16.7. The SMILES string of the molecule is CN1CC=C(c2ccc3cc(N(Cc4ccccc4)C(=O)OCc4ccccc4)c(C(=O)Nc4cnccc4N4C[C@@H](NC(=O)OC(C)(C)C)C[C@@H](C(F)(F)F)C4)nc3c2)CC1. The Morgan fingerprint density at radius 3 is 2.32 bits per heavy atom. The summed E-state index contributed by atoms with van der Waals surface area (Å²) in [4.78, 5) is 55.9. The smallest absolute Gasteiger partial charge is 0.415 e. The lowest BCUT2D eigenvalue weighted by Crippen LogP contribution is -2.54. The first-order valence-electron chi connectivity index (χ1n) is 20.5. The van der Waals surface area contributed by atoms with Crippen LogP contribution >= 0.6 is 0 Å². The number of rotatable bonds is 10. The Labute approximate surface area is 358 Å². The van der Waals surface area contributed by atoms with Crippen molar-refractivity contribution in [2.24, 2.45) is 5.92 Å². The van der Waals surface area contributed by atoms with E-state index in [0.717, 1.165) is 41.8 Å². The molecule has 2 aliphatic rings. The number of ether oxygens (including phenoxy) is 2. The van der Waals surface area contributed by atoms with Gasteiger partial charge in [-0.15, -0.1) is 0 Å². The highest BCUT2D eigenvalue weighted by molar-refractivity contribution is 6.11. The van der Waals surface area contributed by atoms with E-state index in [9.17, 15) is 27.6 Å². The molecule has 3 aromatic carbocycles. The Morgan fingerprint density at radius 1 is 0.919 bits per heavy atom. The van der Waals surface area contributed by atoms with Crippen molar-refractivity contribution in [3.05, 3.63) is 132 Å².